The maximum Gasteiger partial charge on any atom is 0.269 e. The van der Waals surface area contributed by atoms with Crippen LogP contribution in [0.4, 0.5) is 11.4 Å². The standard InChI is InChI=1S/C28H23N5O2/c1-27(2,3)31-26-24(18-12-14-19(15-13-18)33(34)35)28(16-29,17-30)25-22-10-5-4-8-20(22)21-9-6-7-11-23(21)32(25)26/h4-15,24-25H,1-3H3. The Morgan fingerprint density at radius 3 is 2.14 bits per heavy atom. The fourth-order valence-electron chi connectivity index (χ4n) is 5.31. The van der Waals surface area contributed by atoms with Gasteiger partial charge in [0.1, 0.15) is 5.84 Å². The summed E-state index contributed by atoms with van der Waals surface area (Å²) in [7, 11) is 0. The fourth-order valence-corrected chi connectivity index (χ4v) is 5.31. The molecule has 0 radical (unpaired) electrons. The minimum atomic E-state index is -1.51. The van der Waals surface area contributed by atoms with Crippen LogP contribution in [-0.2, 0) is 0 Å². The van der Waals surface area contributed by atoms with Gasteiger partial charge in [0.25, 0.3) is 5.69 Å². The van der Waals surface area contributed by atoms with Crippen molar-refractivity contribution in [3.63, 3.8) is 0 Å². The van der Waals surface area contributed by atoms with Gasteiger partial charge in [-0.2, -0.15) is 10.5 Å². The molecule has 2 aliphatic heterocycles. The molecule has 0 aliphatic carbocycles. The van der Waals surface area contributed by atoms with Crippen LogP contribution >= 0.6 is 0 Å². The van der Waals surface area contributed by atoms with Crippen molar-refractivity contribution in [3.05, 3.63) is 94.0 Å². The van der Waals surface area contributed by atoms with Gasteiger partial charge in [0.2, 0.25) is 0 Å². The normalized spacial score (nSPS) is 20.8. The van der Waals surface area contributed by atoms with Crippen LogP contribution in [0.1, 0.15) is 43.9 Å². The van der Waals surface area contributed by atoms with Gasteiger partial charge in [0.15, 0.2) is 5.41 Å². The molecular weight excluding hydrogens is 438 g/mol. The molecule has 0 aromatic heterocycles. The first-order valence-electron chi connectivity index (χ1n) is 11.4. The number of nitrogens with zero attached hydrogens (tertiary/aromatic N) is 5. The number of aliphatic imine (C=N–C) groups is 1. The number of rotatable bonds is 2. The largest absolute Gasteiger partial charge is 0.319 e. The van der Waals surface area contributed by atoms with Crippen molar-refractivity contribution in [1.29, 1.82) is 10.5 Å². The van der Waals surface area contributed by atoms with Crippen LogP contribution in [0.2, 0.25) is 0 Å². The minimum Gasteiger partial charge on any atom is -0.319 e. The smallest absolute Gasteiger partial charge is 0.269 e. The molecule has 1 fully saturated rings. The lowest BCUT2D eigenvalue weighted by Crippen LogP contribution is -2.36. The number of nitro benzene ring substituents is 1. The molecule has 0 amide bonds. The van der Waals surface area contributed by atoms with E-state index in [0.29, 0.717) is 11.4 Å². The molecule has 2 unspecified atom stereocenters. The summed E-state index contributed by atoms with van der Waals surface area (Å²) in [6, 6.07) is 26.1. The van der Waals surface area contributed by atoms with Crippen molar-refractivity contribution in [1.82, 2.24) is 0 Å². The van der Waals surface area contributed by atoms with E-state index >= 15 is 0 Å². The molecule has 0 N–H and O–H groups in total. The van der Waals surface area contributed by atoms with Crippen LogP contribution in [0.25, 0.3) is 11.1 Å². The van der Waals surface area contributed by atoms with Gasteiger partial charge in [-0.25, -0.2) is 0 Å². The van der Waals surface area contributed by atoms with E-state index in [-0.39, 0.29) is 5.69 Å². The number of non-ortho nitro benzene ring substituents is 1. The Bertz CT molecular complexity index is 1440. The molecular formula is C28H23N5O2. The summed E-state index contributed by atoms with van der Waals surface area (Å²) in [5, 5.41) is 32.6. The van der Waals surface area contributed by atoms with Crippen molar-refractivity contribution < 1.29 is 4.92 Å². The molecule has 35 heavy (non-hydrogen) atoms. The second kappa shape index (κ2) is 7.78. The van der Waals surface area contributed by atoms with Crippen molar-refractivity contribution in [2.75, 3.05) is 4.90 Å². The van der Waals surface area contributed by atoms with Gasteiger partial charge in [-0.1, -0.05) is 54.6 Å². The molecule has 0 spiro atoms. The van der Waals surface area contributed by atoms with Crippen molar-refractivity contribution in [2.24, 2.45) is 10.4 Å². The molecule has 7 nitrogen and oxygen atoms in total. The number of benzene rings is 3. The lowest BCUT2D eigenvalue weighted by molar-refractivity contribution is -0.384. The number of amidine groups is 1. The fraction of sp³-hybridized carbons (Fsp3) is 0.250. The highest BCUT2D eigenvalue weighted by molar-refractivity contribution is 6.11. The number of nitro groups is 1. The molecule has 5 rings (SSSR count). The van der Waals surface area contributed by atoms with E-state index in [0.717, 1.165) is 22.4 Å². The summed E-state index contributed by atoms with van der Waals surface area (Å²) in [6.07, 6.45) is 0. The SMILES string of the molecule is CC(C)(C)N=C1C(c2ccc([N+](=O)[O-])cc2)C(C#N)(C#N)C2c3ccccc3-c3ccccc3N12. The van der Waals surface area contributed by atoms with Crippen molar-refractivity contribution in [2.45, 2.75) is 38.3 Å². The van der Waals surface area contributed by atoms with E-state index in [9.17, 15) is 20.6 Å². The van der Waals surface area contributed by atoms with Gasteiger partial charge in [-0.3, -0.25) is 15.1 Å². The molecule has 1 saturated heterocycles. The first-order chi connectivity index (χ1) is 16.7. The highest BCUT2D eigenvalue weighted by atomic mass is 16.6. The first-order valence-corrected chi connectivity index (χ1v) is 11.4. The van der Waals surface area contributed by atoms with E-state index in [1.807, 2.05) is 74.2 Å². The van der Waals surface area contributed by atoms with Crippen molar-refractivity contribution in [3.8, 4) is 23.3 Å². The monoisotopic (exact) mass is 461 g/mol. The highest BCUT2D eigenvalue weighted by Gasteiger charge is 2.62. The summed E-state index contributed by atoms with van der Waals surface area (Å²) in [4.78, 5) is 17.9. The molecule has 172 valence electrons. The van der Waals surface area contributed by atoms with E-state index in [1.165, 1.54) is 12.1 Å². The minimum absolute atomic E-state index is 0.0472. The second-order valence-electron chi connectivity index (χ2n) is 9.89. The van der Waals surface area contributed by atoms with E-state index in [2.05, 4.69) is 12.1 Å². The predicted octanol–water partition coefficient (Wildman–Crippen LogP) is 6.15. The average Bonchev–Trinajstić information content (AvgIpc) is 3.13. The van der Waals surface area contributed by atoms with Gasteiger partial charge < -0.3 is 4.90 Å². The van der Waals surface area contributed by atoms with Crippen LogP contribution < -0.4 is 4.90 Å². The zero-order valence-electron chi connectivity index (χ0n) is 19.6. The van der Waals surface area contributed by atoms with E-state index < -0.39 is 27.8 Å². The number of anilines is 1. The molecule has 7 heteroatoms. The Kier molecular flexibility index (Phi) is 4.96. The van der Waals surface area contributed by atoms with Crippen LogP contribution in [0.15, 0.2) is 77.8 Å². The second-order valence-corrected chi connectivity index (χ2v) is 9.89. The Morgan fingerprint density at radius 2 is 1.54 bits per heavy atom. The topological polar surface area (TPSA) is 106 Å². The zero-order chi connectivity index (χ0) is 25.0. The molecule has 2 aliphatic rings. The number of fused-ring (bicyclic) bond motifs is 6. The summed E-state index contributed by atoms with van der Waals surface area (Å²) >= 11 is 0. The quantitative estimate of drug-likeness (QED) is 0.336. The van der Waals surface area contributed by atoms with Crippen LogP contribution in [0, 0.1) is 38.2 Å². The van der Waals surface area contributed by atoms with Gasteiger partial charge in [0, 0.05) is 17.7 Å². The number of hydrogen-bond donors (Lipinski definition) is 0. The summed E-state index contributed by atoms with van der Waals surface area (Å²) in [5.74, 6) is -0.0943. The summed E-state index contributed by atoms with van der Waals surface area (Å²) in [6.45, 7) is 5.93. The Morgan fingerprint density at radius 1 is 0.943 bits per heavy atom. The predicted molar refractivity (Wildman–Crippen MR) is 134 cm³/mol. The summed E-state index contributed by atoms with van der Waals surface area (Å²) < 4.78 is 0. The van der Waals surface area contributed by atoms with Gasteiger partial charge in [-0.15, -0.1) is 0 Å². The van der Waals surface area contributed by atoms with Crippen molar-refractivity contribution >= 4 is 17.2 Å². The number of hydrogen-bond acceptors (Lipinski definition) is 5. The van der Waals surface area contributed by atoms with Gasteiger partial charge in [-0.05, 0) is 43.5 Å². The average molecular weight is 462 g/mol. The molecule has 0 bridgehead atoms. The van der Waals surface area contributed by atoms with Crippen LogP contribution in [0.5, 0.6) is 0 Å². The number of nitriles is 2. The third-order valence-electron chi connectivity index (χ3n) is 6.62. The maximum absolute atomic E-state index is 11.3. The Balaban J connectivity index is 1.87. The lowest BCUT2D eigenvalue weighted by atomic mass is 9.69. The Hall–Kier alpha value is -4.49. The first kappa shape index (κ1) is 22.3. The van der Waals surface area contributed by atoms with E-state index in [1.54, 1.807) is 12.1 Å². The molecule has 0 saturated carbocycles. The highest BCUT2D eigenvalue weighted by Crippen LogP contribution is 2.61. The van der Waals surface area contributed by atoms with Gasteiger partial charge in [0.05, 0.1) is 40.2 Å². The third-order valence-corrected chi connectivity index (χ3v) is 6.62. The molecule has 3 aromatic carbocycles. The molecule has 3 aromatic rings. The van der Waals surface area contributed by atoms with Gasteiger partial charge >= 0.3 is 0 Å². The molecule has 2 heterocycles. The maximum atomic E-state index is 11.3. The molecule has 2 atom stereocenters. The number of para-hydroxylation sites is 1. The van der Waals surface area contributed by atoms with Crippen LogP contribution in [-0.4, -0.2) is 16.3 Å². The van der Waals surface area contributed by atoms with E-state index in [4.69, 9.17) is 4.99 Å². The zero-order valence-corrected chi connectivity index (χ0v) is 19.6. The summed E-state index contributed by atoms with van der Waals surface area (Å²) in [5.41, 5.74) is 2.36. The lowest BCUT2D eigenvalue weighted by Gasteiger charge is -2.38. The Labute approximate surface area is 203 Å². The third kappa shape index (κ3) is 3.28. The van der Waals surface area contributed by atoms with Crippen LogP contribution in [0.3, 0.4) is 0 Å².